The smallest absolute Gasteiger partial charge is 0.408 e. The Morgan fingerprint density at radius 1 is 0.745 bits per heavy atom. The molecule has 1 aliphatic heterocycles. The van der Waals surface area contributed by atoms with Gasteiger partial charge in [-0.3, -0.25) is 19.2 Å². The van der Waals surface area contributed by atoms with Crippen LogP contribution in [0.2, 0.25) is 0 Å². The van der Waals surface area contributed by atoms with Gasteiger partial charge in [-0.1, -0.05) is 45.0 Å². The van der Waals surface area contributed by atoms with Crippen LogP contribution in [0.5, 0.6) is 5.75 Å². The summed E-state index contributed by atoms with van der Waals surface area (Å²) >= 11 is 0. The predicted octanol–water partition coefficient (Wildman–Crippen LogP) is 7.30. The standard InChI is InChI=1S/C41H53N5O9/c1-39(2,3)32(55-46-35(48)29-14-10-11-15-30(29)36(46)49)25-52-28-20-17-26(18-21-28)27-19-22-33(43-24-27)45-34(47)31(44-38(51)54-41(7,8)9)16-12-13-23-42-37(50)53-40(4,5)6/h10-11,14-15,17-22,24,31-32H,12-13,16,23,25H2,1-9H3,(H,42,50)(H,44,51)(H,43,45,47)/t31-,32-/m0/s1. The number of pyridine rings is 1. The molecule has 0 aliphatic carbocycles. The van der Waals surface area contributed by atoms with Gasteiger partial charge in [-0.25, -0.2) is 14.6 Å². The molecule has 1 aliphatic rings. The van der Waals surface area contributed by atoms with Gasteiger partial charge in [0.05, 0.1) is 11.1 Å². The van der Waals surface area contributed by atoms with Crippen LogP contribution < -0.4 is 20.7 Å². The Labute approximate surface area is 322 Å². The summed E-state index contributed by atoms with van der Waals surface area (Å²) in [7, 11) is 0. The van der Waals surface area contributed by atoms with Crippen LogP contribution in [-0.4, -0.2) is 76.5 Å². The van der Waals surface area contributed by atoms with Crippen LogP contribution in [0.3, 0.4) is 0 Å². The van der Waals surface area contributed by atoms with Crippen molar-refractivity contribution in [1.82, 2.24) is 20.7 Å². The topological polar surface area (TPSA) is 174 Å². The normalized spacial score (nSPS) is 14.1. The van der Waals surface area contributed by atoms with Crippen molar-refractivity contribution in [2.75, 3.05) is 18.5 Å². The third-order valence-corrected chi connectivity index (χ3v) is 8.15. The zero-order valence-electron chi connectivity index (χ0n) is 33.1. The molecule has 3 N–H and O–H groups in total. The number of benzene rings is 2. The summed E-state index contributed by atoms with van der Waals surface area (Å²) in [6, 6.07) is 16.5. The average molecular weight is 760 g/mol. The second-order valence-corrected chi connectivity index (χ2v) is 16.3. The molecular weight excluding hydrogens is 706 g/mol. The van der Waals surface area contributed by atoms with Crippen molar-refractivity contribution in [3.05, 3.63) is 78.0 Å². The maximum atomic E-state index is 13.3. The summed E-state index contributed by atoms with van der Waals surface area (Å²) in [5, 5.41) is 8.93. The summed E-state index contributed by atoms with van der Waals surface area (Å²) in [4.78, 5) is 74.0. The zero-order valence-corrected chi connectivity index (χ0v) is 33.1. The second-order valence-electron chi connectivity index (χ2n) is 16.3. The molecule has 4 rings (SSSR count). The SMILES string of the molecule is CC(C)(C)OC(=O)NCCCC[C@H](NC(=O)OC(C)(C)C)C(=O)Nc1ccc(-c2ccc(OC[C@H](ON3C(=O)c4ccccc4C3=O)C(C)(C)C)cc2)cn1. The van der Waals surface area contributed by atoms with Crippen molar-refractivity contribution in [2.45, 2.75) is 105 Å². The van der Waals surface area contributed by atoms with Crippen molar-refractivity contribution in [2.24, 2.45) is 5.41 Å². The summed E-state index contributed by atoms with van der Waals surface area (Å²) in [5.74, 6) is -0.616. The van der Waals surface area contributed by atoms with E-state index in [9.17, 15) is 24.0 Å². The molecule has 0 saturated heterocycles. The number of carbonyl (C=O) groups is 5. The number of fused-ring (bicyclic) bond motifs is 1. The molecule has 0 unspecified atom stereocenters. The van der Waals surface area contributed by atoms with Crippen LogP contribution >= 0.6 is 0 Å². The maximum absolute atomic E-state index is 13.3. The number of nitrogens with one attached hydrogen (secondary N) is 3. The molecular formula is C41H53N5O9. The minimum atomic E-state index is -0.915. The van der Waals surface area contributed by atoms with E-state index in [1.54, 1.807) is 90.2 Å². The molecule has 2 heterocycles. The Balaban J connectivity index is 1.33. The molecule has 0 bridgehead atoms. The number of hydrogen-bond acceptors (Lipinski definition) is 10. The number of hydrogen-bond donors (Lipinski definition) is 3. The molecule has 0 spiro atoms. The fourth-order valence-electron chi connectivity index (χ4n) is 5.29. The summed E-state index contributed by atoms with van der Waals surface area (Å²) < 4.78 is 16.7. The number of imide groups is 1. The van der Waals surface area contributed by atoms with E-state index < -0.39 is 58.7 Å². The van der Waals surface area contributed by atoms with Crippen molar-refractivity contribution in [1.29, 1.82) is 0 Å². The van der Waals surface area contributed by atoms with Gasteiger partial charge in [0, 0.05) is 18.3 Å². The van der Waals surface area contributed by atoms with Crippen molar-refractivity contribution >= 4 is 35.7 Å². The lowest BCUT2D eigenvalue weighted by atomic mass is 9.89. The first-order valence-corrected chi connectivity index (χ1v) is 18.3. The van der Waals surface area contributed by atoms with Gasteiger partial charge in [0.25, 0.3) is 11.8 Å². The number of nitrogens with zero attached hydrogens (tertiary/aromatic N) is 2. The third-order valence-electron chi connectivity index (χ3n) is 8.15. The van der Waals surface area contributed by atoms with Crippen LogP contribution in [0.15, 0.2) is 66.9 Å². The van der Waals surface area contributed by atoms with E-state index in [1.807, 2.05) is 39.0 Å². The van der Waals surface area contributed by atoms with E-state index in [-0.39, 0.29) is 6.61 Å². The van der Waals surface area contributed by atoms with Gasteiger partial charge in [-0.2, -0.15) is 0 Å². The molecule has 296 valence electrons. The maximum Gasteiger partial charge on any atom is 0.408 e. The number of hydroxylamine groups is 2. The Morgan fingerprint density at radius 3 is 1.87 bits per heavy atom. The van der Waals surface area contributed by atoms with E-state index in [2.05, 4.69) is 20.9 Å². The average Bonchev–Trinajstić information content (AvgIpc) is 3.32. The Bertz CT molecular complexity index is 1790. The van der Waals surface area contributed by atoms with E-state index in [0.717, 1.165) is 16.2 Å². The summed E-state index contributed by atoms with van der Waals surface area (Å²) in [6.07, 6.45) is 1.12. The molecule has 14 nitrogen and oxygen atoms in total. The number of unbranched alkanes of at least 4 members (excludes halogenated alkanes) is 1. The minimum Gasteiger partial charge on any atom is -0.491 e. The summed E-state index contributed by atoms with van der Waals surface area (Å²) in [5.41, 5.74) is 0.408. The molecule has 3 aromatic rings. The second kappa shape index (κ2) is 17.8. The zero-order chi connectivity index (χ0) is 40.6. The Hall–Kier alpha value is -5.50. The Kier molecular flexibility index (Phi) is 13.6. The van der Waals surface area contributed by atoms with Crippen LogP contribution in [0.4, 0.5) is 15.4 Å². The van der Waals surface area contributed by atoms with Crippen molar-refractivity contribution in [3.63, 3.8) is 0 Å². The molecule has 0 saturated carbocycles. The molecule has 14 heteroatoms. The van der Waals surface area contributed by atoms with Crippen LogP contribution in [0.25, 0.3) is 11.1 Å². The van der Waals surface area contributed by atoms with E-state index in [0.29, 0.717) is 48.5 Å². The first-order valence-electron chi connectivity index (χ1n) is 18.3. The van der Waals surface area contributed by atoms with Crippen LogP contribution in [0.1, 0.15) is 102 Å². The molecule has 0 fully saturated rings. The first-order chi connectivity index (χ1) is 25.7. The lowest BCUT2D eigenvalue weighted by Crippen LogP contribution is -2.46. The van der Waals surface area contributed by atoms with Crippen LogP contribution in [-0.2, 0) is 19.1 Å². The lowest BCUT2D eigenvalue weighted by Gasteiger charge is -2.32. The highest BCUT2D eigenvalue weighted by Crippen LogP contribution is 2.30. The Morgan fingerprint density at radius 2 is 1.33 bits per heavy atom. The van der Waals surface area contributed by atoms with Gasteiger partial charge in [-0.05, 0) is 108 Å². The molecule has 1 aromatic heterocycles. The molecule has 0 radical (unpaired) electrons. The number of carbonyl (C=O) groups excluding carboxylic acids is 5. The minimum absolute atomic E-state index is 0.0823. The number of rotatable bonds is 14. The highest BCUT2D eigenvalue weighted by molar-refractivity contribution is 6.20. The monoisotopic (exact) mass is 759 g/mol. The van der Waals surface area contributed by atoms with Crippen LogP contribution in [0, 0.1) is 5.41 Å². The highest BCUT2D eigenvalue weighted by atomic mass is 16.7. The largest absolute Gasteiger partial charge is 0.491 e. The van der Waals surface area contributed by atoms with Crippen molar-refractivity contribution < 1.29 is 43.0 Å². The number of amides is 5. The van der Waals surface area contributed by atoms with Gasteiger partial charge < -0.3 is 30.2 Å². The molecule has 5 amide bonds. The predicted molar refractivity (Wildman–Crippen MR) is 206 cm³/mol. The number of alkyl carbamates (subject to hydrolysis) is 2. The highest BCUT2D eigenvalue weighted by Gasteiger charge is 2.40. The quantitative estimate of drug-likeness (QED) is 0.112. The van der Waals surface area contributed by atoms with Gasteiger partial charge in [0.1, 0.15) is 41.5 Å². The van der Waals surface area contributed by atoms with Crippen molar-refractivity contribution in [3.8, 4) is 16.9 Å². The van der Waals surface area contributed by atoms with Gasteiger partial charge >= 0.3 is 12.2 Å². The number of anilines is 1. The van der Waals surface area contributed by atoms with Gasteiger partial charge in [0.15, 0.2) is 0 Å². The van der Waals surface area contributed by atoms with Gasteiger partial charge in [0.2, 0.25) is 5.91 Å². The first kappa shape index (κ1) is 42.2. The summed E-state index contributed by atoms with van der Waals surface area (Å²) in [6.45, 7) is 16.8. The fourth-order valence-corrected chi connectivity index (χ4v) is 5.29. The van der Waals surface area contributed by atoms with E-state index in [4.69, 9.17) is 19.0 Å². The third kappa shape index (κ3) is 12.8. The van der Waals surface area contributed by atoms with E-state index >= 15 is 0 Å². The number of aromatic nitrogens is 1. The van der Waals surface area contributed by atoms with E-state index in [1.165, 1.54) is 0 Å². The lowest BCUT2D eigenvalue weighted by molar-refractivity contribution is -0.172. The van der Waals surface area contributed by atoms with Gasteiger partial charge in [-0.15, -0.1) is 5.06 Å². The molecule has 55 heavy (non-hydrogen) atoms. The fraction of sp³-hybridized carbons (Fsp3) is 0.463. The molecule has 2 atom stereocenters. The molecule has 2 aromatic carbocycles. The number of ether oxygens (including phenoxy) is 3.